The van der Waals surface area contributed by atoms with Crippen LogP contribution in [0.2, 0.25) is 0 Å². The van der Waals surface area contributed by atoms with Crippen molar-refractivity contribution in [2.75, 3.05) is 19.7 Å². The molecule has 1 saturated heterocycles. The predicted octanol–water partition coefficient (Wildman–Crippen LogP) is 0.646. The topological polar surface area (TPSA) is 67.6 Å². The van der Waals surface area contributed by atoms with Crippen LogP contribution in [-0.4, -0.2) is 42.6 Å². The molecule has 1 amide bonds. The van der Waals surface area contributed by atoms with Gasteiger partial charge in [-0.15, -0.1) is 0 Å². The molecule has 0 spiro atoms. The molecule has 2 unspecified atom stereocenters. The van der Waals surface area contributed by atoms with Crippen LogP contribution in [0.15, 0.2) is 0 Å². The molecule has 0 bridgehead atoms. The summed E-state index contributed by atoms with van der Waals surface area (Å²) < 4.78 is 5.67. The number of nitrogens with zero attached hydrogens (tertiary/aromatic N) is 1. The summed E-state index contributed by atoms with van der Waals surface area (Å²) in [5, 5.41) is 0. The number of carbonyl (C=O) groups excluding carboxylic acids is 1. The Morgan fingerprint density at radius 2 is 2.41 bits per heavy atom. The molecule has 1 heterocycles. The minimum atomic E-state index is -0.0878. The molecule has 5 heteroatoms. The number of hydrogen-bond donors (Lipinski definition) is 2. The largest absolute Gasteiger partial charge is 0.377 e. The number of hydrazine groups is 1. The van der Waals surface area contributed by atoms with E-state index in [1.807, 2.05) is 6.92 Å². The second kappa shape index (κ2) is 7.63. The van der Waals surface area contributed by atoms with Crippen LogP contribution in [-0.2, 0) is 9.53 Å². The van der Waals surface area contributed by atoms with Gasteiger partial charge < -0.3 is 4.74 Å². The zero-order chi connectivity index (χ0) is 12.7. The average Bonchev–Trinajstić information content (AvgIpc) is 2.36. The van der Waals surface area contributed by atoms with E-state index in [0.29, 0.717) is 18.6 Å². The molecule has 0 saturated carbocycles. The predicted molar refractivity (Wildman–Crippen MR) is 67.2 cm³/mol. The van der Waals surface area contributed by atoms with E-state index >= 15 is 0 Å². The summed E-state index contributed by atoms with van der Waals surface area (Å²) in [7, 11) is 0. The molecule has 0 aliphatic carbocycles. The number of nitrogens with one attached hydrogen (secondary N) is 1. The molecule has 1 aliphatic heterocycles. The van der Waals surface area contributed by atoms with Gasteiger partial charge in [0.1, 0.15) is 0 Å². The number of nitrogens with two attached hydrogens (primary N) is 1. The Hall–Kier alpha value is -0.650. The van der Waals surface area contributed by atoms with Crippen molar-refractivity contribution in [1.29, 1.82) is 0 Å². The third-order valence-electron chi connectivity index (χ3n) is 3.39. The number of amides is 1. The van der Waals surface area contributed by atoms with Crippen molar-refractivity contribution < 1.29 is 9.53 Å². The summed E-state index contributed by atoms with van der Waals surface area (Å²) in [4.78, 5) is 13.5. The highest BCUT2D eigenvalue weighted by Gasteiger charge is 2.23. The second-order valence-electron chi connectivity index (χ2n) is 4.67. The first-order valence-corrected chi connectivity index (χ1v) is 6.52. The van der Waals surface area contributed by atoms with Gasteiger partial charge in [0.05, 0.1) is 6.10 Å². The summed E-state index contributed by atoms with van der Waals surface area (Å²) in [6, 6.07) is 0.413. The van der Waals surface area contributed by atoms with E-state index in [-0.39, 0.29) is 5.91 Å². The van der Waals surface area contributed by atoms with Crippen molar-refractivity contribution in [2.45, 2.75) is 51.7 Å². The zero-order valence-electron chi connectivity index (χ0n) is 10.9. The first-order valence-electron chi connectivity index (χ1n) is 6.52. The lowest BCUT2D eigenvalue weighted by Crippen LogP contribution is -2.45. The Morgan fingerprint density at radius 1 is 1.65 bits per heavy atom. The second-order valence-corrected chi connectivity index (χ2v) is 4.67. The maximum atomic E-state index is 11.1. The summed E-state index contributed by atoms with van der Waals surface area (Å²) in [5.41, 5.74) is 2.17. The van der Waals surface area contributed by atoms with E-state index in [9.17, 15) is 4.79 Å². The Labute approximate surface area is 104 Å². The molecular weight excluding hydrogens is 218 g/mol. The maximum absolute atomic E-state index is 11.1. The third kappa shape index (κ3) is 5.02. The molecule has 5 nitrogen and oxygen atoms in total. The van der Waals surface area contributed by atoms with Gasteiger partial charge in [-0.25, -0.2) is 5.84 Å². The van der Waals surface area contributed by atoms with E-state index < -0.39 is 0 Å². The number of likely N-dealkylation sites (tertiary alicyclic amines) is 1. The number of ether oxygens (including phenoxy) is 1. The van der Waals surface area contributed by atoms with E-state index in [2.05, 4.69) is 17.2 Å². The molecule has 100 valence electrons. The van der Waals surface area contributed by atoms with Gasteiger partial charge >= 0.3 is 0 Å². The Balaban J connectivity index is 2.30. The third-order valence-corrected chi connectivity index (χ3v) is 3.39. The number of carbonyl (C=O) groups is 1. The van der Waals surface area contributed by atoms with Crippen LogP contribution in [0.1, 0.15) is 39.5 Å². The molecule has 0 aromatic heterocycles. The van der Waals surface area contributed by atoms with Crippen molar-refractivity contribution in [3.63, 3.8) is 0 Å². The highest BCUT2D eigenvalue weighted by molar-refractivity contribution is 5.75. The van der Waals surface area contributed by atoms with Crippen LogP contribution in [0.3, 0.4) is 0 Å². The fraction of sp³-hybridized carbons (Fsp3) is 0.917. The molecule has 0 aromatic carbocycles. The van der Waals surface area contributed by atoms with Gasteiger partial charge in [-0.3, -0.25) is 15.1 Å². The van der Waals surface area contributed by atoms with Gasteiger partial charge in [0.2, 0.25) is 5.91 Å². The van der Waals surface area contributed by atoms with Gasteiger partial charge in [0.25, 0.3) is 0 Å². The van der Waals surface area contributed by atoms with Crippen molar-refractivity contribution in [1.82, 2.24) is 10.3 Å². The van der Waals surface area contributed by atoms with E-state index in [1.165, 1.54) is 6.42 Å². The van der Waals surface area contributed by atoms with Crippen LogP contribution in [0.4, 0.5) is 0 Å². The van der Waals surface area contributed by atoms with Crippen LogP contribution in [0, 0.1) is 0 Å². The van der Waals surface area contributed by atoms with E-state index in [4.69, 9.17) is 10.6 Å². The van der Waals surface area contributed by atoms with Crippen molar-refractivity contribution in [3.8, 4) is 0 Å². The quantitative estimate of drug-likeness (QED) is 0.408. The molecule has 1 rings (SSSR count). The van der Waals surface area contributed by atoms with E-state index in [1.54, 1.807) is 0 Å². The minimum Gasteiger partial charge on any atom is -0.377 e. The van der Waals surface area contributed by atoms with Crippen LogP contribution in [0.5, 0.6) is 0 Å². The lowest BCUT2D eigenvalue weighted by atomic mass is 10.0. The lowest BCUT2D eigenvalue weighted by molar-refractivity contribution is -0.121. The molecule has 3 N–H and O–H groups in total. The van der Waals surface area contributed by atoms with Crippen molar-refractivity contribution in [3.05, 3.63) is 0 Å². The first kappa shape index (κ1) is 14.4. The highest BCUT2D eigenvalue weighted by atomic mass is 16.5. The molecule has 0 aromatic rings. The van der Waals surface area contributed by atoms with Gasteiger partial charge in [0.15, 0.2) is 0 Å². The number of piperidine rings is 1. The Bertz CT molecular complexity index is 234. The molecule has 1 fully saturated rings. The van der Waals surface area contributed by atoms with Crippen LogP contribution in [0.25, 0.3) is 0 Å². The monoisotopic (exact) mass is 243 g/mol. The molecule has 0 radical (unpaired) electrons. The van der Waals surface area contributed by atoms with Crippen molar-refractivity contribution >= 4 is 5.91 Å². The highest BCUT2D eigenvalue weighted by Crippen LogP contribution is 2.17. The molecule has 1 aliphatic rings. The standard InChI is InChI=1S/C12H25N3O2/c1-3-17-11-5-4-8-15(9-11)10(2)6-7-12(16)14-13/h10-11H,3-9,13H2,1-2H3,(H,14,16). The summed E-state index contributed by atoms with van der Waals surface area (Å²) in [5.74, 6) is 4.98. The van der Waals surface area contributed by atoms with Gasteiger partial charge in [-0.2, -0.15) is 0 Å². The number of rotatable bonds is 6. The lowest BCUT2D eigenvalue weighted by Gasteiger charge is -2.36. The fourth-order valence-electron chi connectivity index (χ4n) is 2.33. The smallest absolute Gasteiger partial charge is 0.233 e. The summed E-state index contributed by atoms with van der Waals surface area (Å²) in [6.07, 6.45) is 4.04. The van der Waals surface area contributed by atoms with Gasteiger partial charge in [0, 0.05) is 25.6 Å². The molecular formula is C12H25N3O2. The SMILES string of the molecule is CCOC1CCCN(C(C)CCC(=O)NN)C1. The Morgan fingerprint density at radius 3 is 3.06 bits per heavy atom. The number of hydrogen-bond acceptors (Lipinski definition) is 4. The average molecular weight is 243 g/mol. The first-order chi connectivity index (χ1) is 8.17. The van der Waals surface area contributed by atoms with Crippen LogP contribution < -0.4 is 11.3 Å². The van der Waals surface area contributed by atoms with Crippen LogP contribution >= 0.6 is 0 Å². The summed E-state index contributed by atoms with van der Waals surface area (Å²) in [6.45, 7) is 7.07. The van der Waals surface area contributed by atoms with Gasteiger partial charge in [-0.1, -0.05) is 0 Å². The normalized spacial score (nSPS) is 23.4. The van der Waals surface area contributed by atoms with Gasteiger partial charge in [-0.05, 0) is 39.7 Å². The molecule has 17 heavy (non-hydrogen) atoms. The fourth-order valence-corrected chi connectivity index (χ4v) is 2.33. The minimum absolute atomic E-state index is 0.0878. The molecule has 2 atom stereocenters. The maximum Gasteiger partial charge on any atom is 0.233 e. The zero-order valence-corrected chi connectivity index (χ0v) is 10.9. The van der Waals surface area contributed by atoms with E-state index in [0.717, 1.165) is 32.5 Å². The summed E-state index contributed by atoms with van der Waals surface area (Å²) >= 11 is 0. The van der Waals surface area contributed by atoms with Crippen molar-refractivity contribution in [2.24, 2.45) is 5.84 Å². The Kier molecular flexibility index (Phi) is 6.47.